The molecular formula is C16H12N4. The van der Waals surface area contributed by atoms with Crippen molar-refractivity contribution in [2.45, 2.75) is 13.1 Å². The summed E-state index contributed by atoms with van der Waals surface area (Å²) in [5, 5.41) is 0. The van der Waals surface area contributed by atoms with Crippen molar-refractivity contribution in [2.24, 2.45) is 0 Å². The van der Waals surface area contributed by atoms with Gasteiger partial charge in [0.05, 0.1) is 35.2 Å². The van der Waals surface area contributed by atoms with Crippen LogP contribution in [0, 0.1) is 0 Å². The summed E-state index contributed by atoms with van der Waals surface area (Å²) >= 11 is 0. The van der Waals surface area contributed by atoms with Gasteiger partial charge in [-0.05, 0) is 24.3 Å². The molecule has 3 heterocycles. The SMILES string of the molecule is c1ccc2c(c1)nc1n2Cc2nc3ccccc3n2C1. The van der Waals surface area contributed by atoms with Crippen molar-refractivity contribution in [3.63, 3.8) is 0 Å². The fourth-order valence-electron chi connectivity index (χ4n) is 3.13. The first kappa shape index (κ1) is 10.2. The highest BCUT2D eigenvalue weighted by molar-refractivity contribution is 5.78. The van der Waals surface area contributed by atoms with Crippen molar-refractivity contribution in [3.05, 3.63) is 60.2 Å². The third kappa shape index (κ3) is 1.20. The fraction of sp³-hybridized carbons (Fsp3) is 0.125. The molecule has 1 aliphatic rings. The Labute approximate surface area is 115 Å². The molecule has 0 amide bonds. The summed E-state index contributed by atoms with van der Waals surface area (Å²) in [4.78, 5) is 9.51. The number of para-hydroxylation sites is 4. The molecule has 0 fully saturated rings. The highest BCUT2D eigenvalue weighted by Gasteiger charge is 2.21. The van der Waals surface area contributed by atoms with Crippen molar-refractivity contribution in [2.75, 3.05) is 0 Å². The standard InChI is InChI=1S/C16H12N4/c1-3-7-13-11(5-1)17-15-9-20-14-8-4-2-6-12(14)18-16(20)10-19(13)15/h1-8H,9-10H2. The topological polar surface area (TPSA) is 35.6 Å². The van der Waals surface area contributed by atoms with Gasteiger partial charge in [0.2, 0.25) is 0 Å². The van der Waals surface area contributed by atoms with Crippen LogP contribution in [0.2, 0.25) is 0 Å². The zero-order valence-corrected chi connectivity index (χ0v) is 10.8. The van der Waals surface area contributed by atoms with Gasteiger partial charge in [-0.25, -0.2) is 9.97 Å². The molecule has 0 bridgehead atoms. The van der Waals surface area contributed by atoms with Gasteiger partial charge in [-0.2, -0.15) is 0 Å². The second-order valence-corrected chi connectivity index (χ2v) is 5.21. The molecule has 0 saturated carbocycles. The molecule has 0 N–H and O–H groups in total. The maximum Gasteiger partial charge on any atom is 0.130 e. The Bertz CT molecular complexity index is 881. The molecule has 2 aromatic heterocycles. The van der Waals surface area contributed by atoms with E-state index in [-0.39, 0.29) is 0 Å². The van der Waals surface area contributed by atoms with E-state index in [0.29, 0.717) is 0 Å². The molecule has 5 rings (SSSR count). The summed E-state index contributed by atoms with van der Waals surface area (Å²) in [6, 6.07) is 16.6. The first-order valence-electron chi connectivity index (χ1n) is 6.78. The molecule has 2 aromatic carbocycles. The normalized spacial score (nSPS) is 13.6. The van der Waals surface area contributed by atoms with Crippen molar-refractivity contribution in [3.8, 4) is 0 Å². The first-order chi connectivity index (χ1) is 9.90. The van der Waals surface area contributed by atoms with E-state index in [1.807, 2.05) is 12.1 Å². The van der Waals surface area contributed by atoms with E-state index >= 15 is 0 Å². The van der Waals surface area contributed by atoms with Crippen molar-refractivity contribution in [1.29, 1.82) is 0 Å². The summed E-state index contributed by atoms with van der Waals surface area (Å²) in [5.41, 5.74) is 4.52. The number of imidazole rings is 2. The molecule has 0 aliphatic carbocycles. The Morgan fingerprint density at radius 1 is 0.650 bits per heavy atom. The Morgan fingerprint density at radius 3 is 1.60 bits per heavy atom. The van der Waals surface area contributed by atoms with Gasteiger partial charge in [-0.3, -0.25) is 0 Å². The minimum Gasteiger partial charge on any atom is -0.319 e. The van der Waals surface area contributed by atoms with Crippen LogP contribution in [0.25, 0.3) is 22.1 Å². The lowest BCUT2D eigenvalue weighted by Gasteiger charge is -2.17. The second kappa shape index (κ2) is 3.48. The van der Waals surface area contributed by atoms with Gasteiger partial charge in [0.25, 0.3) is 0 Å². The molecule has 96 valence electrons. The van der Waals surface area contributed by atoms with Gasteiger partial charge in [-0.15, -0.1) is 0 Å². The quantitative estimate of drug-likeness (QED) is 0.429. The van der Waals surface area contributed by atoms with Gasteiger partial charge in [0.15, 0.2) is 0 Å². The zero-order chi connectivity index (χ0) is 13.1. The maximum atomic E-state index is 4.75. The summed E-state index contributed by atoms with van der Waals surface area (Å²) in [6.45, 7) is 1.59. The Hall–Kier alpha value is -2.62. The fourth-order valence-corrected chi connectivity index (χ4v) is 3.13. The average Bonchev–Trinajstić information content (AvgIpc) is 3.02. The lowest BCUT2D eigenvalue weighted by atomic mass is 10.3. The van der Waals surface area contributed by atoms with E-state index < -0.39 is 0 Å². The number of fused-ring (bicyclic) bond motifs is 6. The predicted octanol–water partition coefficient (Wildman–Crippen LogP) is 2.80. The van der Waals surface area contributed by atoms with E-state index in [4.69, 9.17) is 9.97 Å². The first-order valence-corrected chi connectivity index (χ1v) is 6.78. The smallest absolute Gasteiger partial charge is 0.130 e. The van der Waals surface area contributed by atoms with Crippen LogP contribution in [0.15, 0.2) is 48.5 Å². The van der Waals surface area contributed by atoms with Crippen LogP contribution in [-0.4, -0.2) is 19.1 Å². The molecule has 0 spiro atoms. The second-order valence-electron chi connectivity index (χ2n) is 5.21. The molecule has 4 heteroatoms. The number of rotatable bonds is 0. The van der Waals surface area contributed by atoms with Gasteiger partial charge in [0.1, 0.15) is 11.6 Å². The van der Waals surface area contributed by atoms with Crippen molar-refractivity contribution < 1.29 is 0 Å². The van der Waals surface area contributed by atoms with E-state index in [1.54, 1.807) is 0 Å². The molecule has 0 radical (unpaired) electrons. The summed E-state index contributed by atoms with van der Waals surface area (Å²) in [5.74, 6) is 2.23. The Morgan fingerprint density at radius 2 is 1.10 bits per heavy atom. The highest BCUT2D eigenvalue weighted by atomic mass is 15.2. The van der Waals surface area contributed by atoms with E-state index in [1.165, 1.54) is 11.0 Å². The monoisotopic (exact) mass is 260 g/mol. The average molecular weight is 260 g/mol. The molecule has 1 aliphatic heterocycles. The molecule has 0 saturated heterocycles. The van der Waals surface area contributed by atoms with Crippen LogP contribution in [0.5, 0.6) is 0 Å². The Balaban J connectivity index is 1.79. The summed E-state index contributed by atoms with van der Waals surface area (Å²) < 4.78 is 4.55. The van der Waals surface area contributed by atoms with Crippen molar-refractivity contribution >= 4 is 22.1 Å². The third-order valence-electron chi connectivity index (χ3n) is 4.07. The Kier molecular flexibility index (Phi) is 1.77. The molecule has 0 unspecified atom stereocenters. The molecule has 0 atom stereocenters. The lowest BCUT2D eigenvalue weighted by molar-refractivity contribution is 0.583. The number of aromatic nitrogens is 4. The summed E-state index contributed by atoms with van der Waals surface area (Å²) in [6.07, 6.45) is 0. The van der Waals surface area contributed by atoms with Crippen LogP contribution >= 0.6 is 0 Å². The molecule has 4 aromatic rings. The predicted molar refractivity (Wildman–Crippen MR) is 77.7 cm³/mol. The van der Waals surface area contributed by atoms with Crippen molar-refractivity contribution in [1.82, 2.24) is 19.1 Å². The molecular weight excluding hydrogens is 248 g/mol. The van der Waals surface area contributed by atoms with Crippen LogP contribution in [0.4, 0.5) is 0 Å². The van der Waals surface area contributed by atoms with Gasteiger partial charge in [-0.1, -0.05) is 24.3 Å². The maximum absolute atomic E-state index is 4.75. The molecule has 4 nitrogen and oxygen atoms in total. The van der Waals surface area contributed by atoms with E-state index in [0.717, 1.165) is 35.8 Å². The van der Waals surface area contributed by atoms with Gasteiger partial charge >= 0.3 is 0 Å². The van der Waals surface area contributed by atoms with Gasteiger partial charge < -0.3 is 9.13 Å². The molecule has 20 heavy (non-hydrogen) atoms. The largest absolute Gasteiger partial charge is 0.319 e. The van der Waals surface area contributed by atoms with E-state index in [9.17, 15) is 0 Å². The van der Waals surface area contributed by atoms with Crippen LogP contribution < -0.4 is 0 Å². The zero-order valence-electron chi connectivity index (χ0n) is 10.8. The lowest BCUT2D eigenvalue weighted by Crippen LogP contribution is -2.19. The summed E-state index contributed by atoms with van der Waals surface area (Å²) in [7, 11) is 0. The van der Waals surface area contributed by atoms with Gasteiger partial charge in [0, 0.05) is 0 Å². The van der Waals surface area contributed by atoms with Crippen LogP contribution in [0.3, 0.4) is 0 Å². The van der Waals surface area contributed by atoms with Crippen LogP contribution in [-0.2, 0) is 13.1 Å². The third-order valence-corrected chi connectivity index (χ3v) is 4.07. The number of hydrogen-bond donors (Lipinski definition) is 0. The number of benzene rings is 2. The van der Waals surface area contributed by atoms with E-state index in [2.05, 4.69) is 45.5 Å². The number of hydrogen-bond acceptors (Lipinski definition) is 2. The highest BCUT2D eigenvalue weighted by Crippen LogP contribution is 2.26. The minimum atomic E-state index is 0.796. The number of nitrogens with zero attached hydrogens (tertiary/aromatic N) is 4. The minimum absolute atomic E-state index is 0.796. The van der Waals surface area contributed by atoms with Crippen LogP contribution in [0.1, 0.15) is 11.6 Å².